The fourth-order valence-electron chi connectivity index (χ4n) is 3.44. The molecule has 0 rings (SSSR count). The average Bonchev–Trinajstić information content (AvgIpc) is 2.72. The van der Waals surface area contributed by atoms with Crippen LogP contribution in [0.3, 0.4) is 0 Å². The van der Waals surface area contributed by atoms with Crippen LogP contribution in [-0.2, 0) is 14.4 Å². The highest BCUT2D eigenvalue weighted by Crippen LogP contribution is 2.15. The van der Waals surface area contributed by atoms with Crippen molar-refractivity contribution in [3.05, 3.63) is 58.2 Å². The molecule has 0 aromatic rings. The van der Waals surface area contributed by atoms with E-state index in [1.807, 2.05) is 6.08 Å². The lowest BCUT2D eigenvalue weighted by Gasteiger charge is -2.04. The second kappa shape index (κ2) is 18.9. The summed E-state index contributed by atoms with van der Waals surface area (Å²) in [6.07, 6.45) is 20.7. The topological polar surface area (TPSA) is 63.2 Å². The Labute approximate surface area is 208 Å². The second-order valence-corrected chi connectivity index (χ2v) is 9.49. The monoisotopic (exact) mass is 469 g/mol. The molecule has 0 aliphatic heterocycles. The summed E-state index contributed by atoms with van der Waals surface area (Å²) in [5.74, 6) is -0.384. The van der Waals surface area contributed by atoms with Gasteiger partial charge in [-0.15, -0.1) is 0 Å². The zero-order chi connectivity index (χ0) is 25.9. The van der Waals surface area contributed by atoms with Crippen LogP contribution in [0.2, 0.25) is 0 Å². The summed E-state index contributed by atoms with van der Waals surface area (Å²) in [7, 11) is 0. The van der Waals surface area contributed by atoms with E-state index in [1.54, 1.807) is 13.8 Å². The van der Waals surface area contributed by atoms with Crippen molar-refractivity contribution in [3.63, 3.8) is 0 Å². The molecule has 0 saturated carbocycles. The minimum Gasteiger partial charge on any atom is -0.300 e. The first kappa shape index (κ1) is 31.5. The smallest absolute Gasteiger partial charge is 0.253 e. The Morgan fingerprint density at radius 1 is 0.500 bits per heavy atom. The molecule has 0 spiro atoms. The Hall–Kier alpha value is -2.49. The average molecular weight is 470 g/mol. The van der Waals surface area contributed by atoms with Crippen LogP contribution in [0.1, 0.15) is 113 Å². The molecule has 0 saturated heterocycles. The summed E-state index contributed by atoms with van der Waals surface area (Å²) in [4.78, 5) is 33.6. The van der Waals surface area contributed by atoms with Crippen LogP contribution < -0.4 is 5.32 Å². The number of hydrogen-bond acceptors (Lipinski definition) is 3. The molecule has 0 atom stereocenters. The van der Waals surface area contributed by atoms with E-state index in [1.165, 1.54) is 29.2 Å². The highest BCUT2D eigenvalue weighted by Gasteiger charge is 2.04. The van der Waals surface area contributed by atoms with Gasteiger partial charge in [0.1, 0.15) is 5.78 Å². The van der Waals surface area contributed by atoms with Crippen molar-refractivity contribution in [2.45, 2.75) is 113 Å². The van der Waals surface area contributed by atoms with Gasteiger partial charge in [-0.05, 0) is 99.3 Å². The Bertz CT molecular complexity index is 822. The van der Waals surface area contributed by atoms with Crippen LogP contribution in [-0.4, -0.2) is 17.6 Å². The van der Waals surface area contributed by atoms with Gasteiger partial charge >= 0.3 is 0 Å². The lowest BCUT2D eigenvalue weighted by molar-refractivity contribution is -0.127. The van der Waals surface area contributed by atoms with Crippen molar-refractivity contribution in [2.75, 3.05) is 0 Å². The molecule has 0 aromatic heterocycles. The molecular formula is C30H47NO3. The van der Waals surface area contributed by atoms with Gasteiger partial charge in [-0.25, -0.2) is 0 Å². The molecule has 0 radical (unpaired) electrons. The third-order valence-electron chi connectivity index (χ3n) is 5.72. The lowest BCUT2D eigenvalue weighted by Crippen LogP contribution is -2.28. The molecule has 0 aliphatic rings. The maximum Gasteiger partial charge on any atom is 0.253 e. The van der Waals surface area contributed by atoms with Crippen molar-refractivity contribution < 1.29 is 14.4 Å². The first-order valence-corrected chi connectivity index (χ1v) is 12.6. The summed E-state index contributed by atoms with van der Waals surface area (Å²) in [5, 5.41) is 2.29. The van der Waals surface area contributed by atoms with Crippen LogP contribution >= 0.6 is 0 Å². The Morgan fingerprint density at radius 2 is 0.824 bits per heavy atom. The van der Waals surface area contributed by atoms with Gasteiger partial charge in [0.15, 0.2) is 0 Å². The van der Waals surface area contributed by atoms with E-state index in [0.29, 0.717) is 12.0 Å². The zero-order valence-corrected chi connectivity index (χ0v) is 22.7. The molecule has 0 aliphatic carbocycles. The van der Waals surface area contributed by atoms with E-state index in [9.17, 15) is 14.4 Å². The van der Waals surface area contributed by atoms with Crippen molar-refractivity contribution in [1.29, 1.82) is 0 Å². The largest absolute Gasteiger partial charge is 0.300 e. The minimum atomic E-state index is -0.329. The van der Waals surface area contributed by atoms with E-state index in [2.05, 4.69) is 57.3 Å². The molecule has 0 heterocycles. The number of carbonyl (C=O) groups excluding carboxylic acids is 3. The molecule has 0 aromatic carbocycles. The lowest BCUT2D eigenvalue weighted by atomic mass is 10.0. The van der Waals surface area contributed by atoms with Gasteiger partial charge in [-0.3, -0.25) is 14.9 Å². The normalized spacial score (nSPS) is 13.8. The number of Topliss-reactive ketones (excluding diaryl/α,β-unsaturated/α-hetero) is 1. The molecule has 1 N–H and O–H groups in total. The Morgan fingerprint density at radius 3 is 1.15 bits per heavy atom. The summed E-state index contributed by atoms with van der Waals surface area (Å²) in [5.41, 5.74) is 6.15. The third-order valence-corrected chi connectivity index (χ3v) is 5.72. The summed E-state index contributed by atoms with van der Waals surface area (Å²) in [6, 6.07) is 0. The van der Waals surface area contributed by atoms with Crippen LogP contribution in [0.15, 0.2) is 58.2 Å². The number of allylic oxidation sites excluding steroid dienone is 9. The number of amides is 2. The van der Waals surface area contributed by atoms with Crippen LogP contribution in [0.4, 0.5) is 0 Å². The van der Waals surface area contributed by atoms with Gasteiger partial charge in [-0.2, -0.15) is 0 Å². The first-order valence-electron chi connectivity index (χ1n) is 12.6. The fourth-order valence-corrected chi connectivity index (χ4v) is 3.44. The molecular weight excluding hydrogens is 422 g/mol. The molecule has 2 amide bonds. The predicted molar refractivity (Wildman–Crippen MR) is 144 cm³/mol. The van der Waals surface area contributed by atoms with Crippen molar-refractivity contribution in [3.8, 4) is 0 Å². The molecule has 34 heavy (non-hydrogen) atoms. The standard InChI is InChI=1S/C30H47NO3/c1-23(13-8-14-24(2)16-10-18-26(4)20-12-22-28(6)32)15-9-17-25(3)19-11-21-27(5)30(34)31-29(7)33/h13,16-17,20-21H,8-12,14-15,18-19,22H2,1-7H3,(H,31,33,34)/b23-13+,24-16+,25-17+,26-20+,27-21+. The van der Waals surface area contributed by atoms with Gasteiger partial charge in [0.25, 0.3) is 5.91 Å². The maximum absolute atomic E-state index is 11.7. The van der Waals surface area contributed by atoms with E-state index < -0.39 is 0 Å². The van der Waals surface area contributed by atoms with Gasteiger partial charge in [-0.1, -0.05) is 52.7 Å². The van der Waals surface area contributed by atoms with E-state index in [0.717, 1.165) is 57.8 Å². The van der Waals surface area contributed by atoms with Crippen molar-refractivity contribution >= 4 is 17.6 Å². The highest BCUT2D eigenvalue weighted by molar-refractivity contribution is 6.03. The third kappa shape index (κ3) is 19.0. The van der Waals surface area contributed by atoms with Crippen LogP contribution in [0.5, 0.6) is 0 Å². The highest BCUT2D eigenvalue weighted by atomic mass is 16.2. The number of carbonyl (C=O) groups is 3. The van der Waals surface area contributed by atoms with Crippen molar-refractivity contribution in [1.82, 2.24) is 5.32 Å². The van der Waals surface area contributed by atoms with E-state index in [-0.39, 0.29) is 17.6 Å². The number of nitrogens with one attached hydrogen (secondary N) is 1. The first-order chi connectivity index (χ1) is 16.0. The predicted octanol–water partition coefficient (Wildman–Crippen LogP) is 7.87. The number of rotatable bonds is 16. The molecule has 0 unspecified atom stereocenters. The van der Waals surface area contributed by atoms with Crippen LogP contribution in [0.25, 0.3) is 0 Å². The summed E-state index contributed by atoms with van der Waals surface area (Å²) < 4.78 is 0. The summed E-state index contributed by atoms with van der Waals surface area (Å²) >= 11 is 0. The van der Waals surface area contributed by atoms with Crippen molar-refractivity contribution in [2.24, 2.45) is 0 Å². The van der Waals surface area contributed by atoms with Crippen LogP contribution in [0, 0.1) is 0 Å². The minimum absolute atomic E-state index is 0.257. The molecule has 0 bridgehead atoms. The number of hydrogen-bond donors (Lipinski definition) is 1. The number of ketones is 1. The summed E-state index contributed by atoms with van der Waals surface area (Å²) in [6.45, 7) is 13.4. The molecule has 0 fully saturated rings. The maximum atomic E-state index is 11.7. The van der Waals surface area contributed by atoms with E-state index in [4.69, 9.17) is 0 Å². The Balaban J connectivity index is 4.20. The molecule has 190 valence electrons. The van der Waals surface area contributed by atoms with Gasteiger partial charge in [0.2, 0.25) is 5.91 Å². The number of imide groups is 1. The van der Waals surface area contributed by atoms with E-state index >= 15 is 0 Å². The molecule has 4 nitrogen and oxygen atoms in total. The molecule has 4 heteroatoms. The SMILES string of the molecule is CC(=O)CC/C=C(\C)CC/C=C(\C)CC/C=C(\C)CC/C=C(\C)CC/C=C(\C)C(=O)NC(C)=O. The van der Waals surface area contributed by atoms with Gasteiger partial charge in [0, 0.05) is 18.9 Å². The van der Waals surface area contributed by atoms with Gasteiger partial charge in [0.05, 0.1) is 0 Å². The quantitative estimate of drug-likeness (QED) is 0.185. The second-order valence-electron chi connectivity index (χ2n) is 9.49. The fraction of sp³-hybridized carbons (Fsp3) is 0.567. The Kier molecular flexibility index (Phi) is 17.5. The zero-order valence-electron chi connectivity index (χ0n) is 22.7. The van der Waals surface area contributed by atoms with Gasteiger partial charge < -0.3 is 4.79 Å².